The molecule has 1 N–H and O–H groups in total. The number of rotatable bonds is 7. The van der Waals surface area contributed by atoms with E-state index < -0.39 is 41.7 Å². The van der Waals surface area contributed by atoms with Crippen molar-refractivity contribution in [2.75, 3.05) is 17.8 Å². The second kappa shape index (κ2) is 11.0. The molecule has 1 saturated heterocycles. The lowest BCUT2D eigenvalue weighted by Crippen LogP contribution is -2.35. The zero-order valence-electron chi connectivity index (χ0n) is 20.0. The number of piperidine rings is 1. The van der Waals surface area contributed by atoms with Crippen molar-refractivity contribution in [2.24, 2.45) is 0 Å². The van der Waals surface area contributed by atoms with E-state index in [1.165, 1.54) is 28.3 Å². The molecule has 204 valence electrons. The van der Waals surface area contributed by atoms with Gasteiger partial charge in [-0.1, -0.05) is 29.8 Å². The lowest BCUT2D eigenvalue weighted by Gasteiger charge is -2.25. The molecule has 0 atom stereocenters. The normalized spacial score (nSPS) is 15.4. The van der Waals surface area contributed by atoms with Gasteiger partial charge in [0.25, 0.3) is 10.0 Å². The van der Waals surface area contributed by atoms with E-state index >= 15 is 0 Å². The van der Waals surface area contributed by atoms with Crippen molar-refractivity contribution in [3.8, 4) is 0 Å². The van der Waals surface area contributed by atoms with Crippen molar-refractivity contribution in [3.63, 3.8) is 0 Å². The SMILES string of the molecule is Cc1cc(NS(=O)(=O)c2ccc(C(F)(F)F)cc2Cl)ncc1Sc1ccc(S(=O)(=O)N2CCCCC2)cc1. The number of aromatic nitrogens is 1. The Morgan fingerprint density at radius 2 is 1.63 bits per heavy atom. The molecule has 1 aliphatic rings. The van der Waals surface area contributed by atoms with Gasteiger partial charge in [-0.2, -0.15) is 17.5 Å². The smallest absolute Gasteiger partial charge is 0.263 e. The van der Waals surface area contributed by atoms with Crippen molar-refractivity contribution in [2.45, 2.75) is 51.9 Å². The number of aryl methyl sites for hydroxylation is 1. The van der Waals surface area contributed by atoms with Crippen LogP contribution >= 0.6 is 23.4 Å². The van der Waals surface area contributed by atoms with Gasteiger partial charge in [0.1, 0.15) is 10.7 Å². The van der Waals surface area contributed by atoms with Gasteiger partial charge in [-0.05, 0) is 73.9 Å². The fourth-order valence-corrected chi connectivity index (χ4v) is 7.77. The molecule has 0 saturated carbocycles. The standard InChI is InChI=1S/C24H23ClF3N3O4S3/c1-16-13-23(30-37(32,33)22-10-5-17(14-20(22)25)24(26,27)28)29-15-21(16)36-18-6-8-19(9-7-18)38(34,35)31-11-3-2-4-12-31/h5-10,13-15H,2-4,11-12H2,1H3,(H,29,30). The van der Waals surface area contributed by atoms with Crippen LogP contribution in [0.4, 0.5) is 19.0 Å². The Hall–Kier alpha value is -2.32. The van der Waals surface area contributed by atoms with Crippen LogP contribution in [0.3, 0.4) is 0 Å². The van der Waals surface area contributed by atoms with Gasteiger partial charge in [0.2, 0.25) is 10.0 Å². The van der Waals surface area contributed by atoms with E-state index in [1.54, 1.807) is 31.2 Å². The third-order valence-corrected chi connectivity index (χ3v) is 10.8. The summed E-state index contributed by atoms with van der Waals surface area (Å²) in [6.45, 7) is 2.78. The van der Waals surface area contributed by atoms with Crippen LogP contribution in [0.1, 0.15) is 30.4 Å². The average molecular weight is 606 g/mol. The number of halogens is 4. The van der Waals surface area contributed by atoms with Crippen LogP contribution < -0.4 is 4.72 Å². The molecule has 0 aliphatic carbocycles. The Bertz CT molecular complexity index is 1540. The first kappa shape index (κ1) is 28.7. The maximum atomic E-state index is 12.9. The molecule has 38 heavy (non-hydrogen) atoms. The highest BCUT2D eigenvalue weighted by atomic mass is 35.5. The highest BCUT2D eigenvalue weighted by Gasteiger charge is 2.32. The third-order valence-electron chi connectivity index (χ3n) is 5.85. The van der Waals surface area contributed by atoms with Gasteiger partial charge < -0.3 is 0 Å². The lowest BCUT2D eigenvalue weighted by molar-refractivity contribution is -0.137. The third kappa shape index (κ3) is 6.45. The number of hydrogen-bond acceptors (Lipinski definition) is 6. The van der Waals surface area contributed by atoms with Crippen molar-refractivity contribution < 1.29 is 30.0 Å². The fraction of sp³-hybridized carbons (Fsp3) is 0.292. The number of benzene rings is 2. The molecule has 1 aliphatic heterocycles. The van der Waals surface area contributed by atoms with Crippen LogP contribution in [0.2, 0.25) is 5.02 Å². The lowest BCUT2D eigenvalue weighted by atomic mass is 10.2. The van der Waals surface area contributed by atoms with E-state index in [9.17, 15) is 30.0 Å². The zero-order valence-corrected chi connectivity index (χ0v) is 23.2. The molecular weight excluding hydrogens is 583 g/mol. The first-order valence-electron chi connectivity index (χ1n) is 11.4. The minimum Gasteiger partial charge on any atom is -0.263 e. The summed E-state index contributed by atoms with van der Waals surface area (Å²) < 4.78 is 93.5. The Labute approximate surface area is 228 Å². The number of nitrogens with one attached hydrogen (secondary N) is 1. The molecule has 3 aromatic rings. The van der Waals surface area contributed by atoms with Crippen LogP contribution in [-0.4, -0.2) is 39.2 Å². The summed E-state index contributed by atoms with van der Waals surface area (Å²) in [5, 5.41) is -0.568. The van der Waals surface area contributed by atoms with E-state index in [-0.39, 0.29) is 10.7 Å². The molecule has 1 aromatic heterocycles. The second-order valence-electron chi connectivity index (χ2n) is 8.62. The predicted octanol–water partition coefficient (Wildman–Crippen LogP) is 6.19. The summed E-state index contributed by atoms with van der Waals surface area (Å²) in [5.41, 5.74) is -0.389. The van der Waals surface area contributed by atoms with E-state index in [0.29, 0.717) is 35.7 Å². The summed E-state index contributed by atoms with van der Waals surface area (Å²) in [6, 6.07) is 9.98. The van der Waals surface area contributed by atoms with Gasteiger partial charge in [0.05, 0.1) is 15.5 Å². The van der Waals surface area contributed by atoms with Gasteiger partial charge in [-0.25, -0.2) is 21.8 Å². The quantitative estimate of drug-likeness (QED) is 0.345. The fourth-order valence-electron chi connectivity index (χ4n) is 3.85. The van der Waals surface area contributed by atoms with Crippen LogP contribution in [0.15, 0.2) is 74.3 Å². The van der Waals surface area contributed by atoms with E-state index in [4.69, 9.17) is 11.6 Å². The van der Waals surface area contributed by atoms with Gasteiger partial charge in [0.15, 0.2) is 0 Å². The molecule has 1 fully saturated rings. The average Bonchev–Trinajstić information content (AvgIpc) is 2.85. The number of pyridine rings is 1. The first-order valence-corrected chi connectivity index (χ1v) is 15.5. The van der Waals surface area contributed by atoms with Crippen molar-refractivity contribution >= 4 is 49.2 Å². The predicted molar refractivity (Wildman–Crippen MR) is 139 cm³/mol. The topological polar surface area (TPSA) is 96.4 Å². The van der Waals surface area contributed by atoms with Crippen molar-refractivity contribution in [3.05, 3.63) is 70.9 Å². The monoisotopic (exact) mass is 605 g/mol. The number of sulfonamides is 2. The zero-order chi connectivity index (χ0) is 27.7. The molecule has 0 spiro atoms. The van der Waals surface area contributed by atoms with Crippen LogP contribution in [0.25, 0.3) is 0 Å². The van der Waals surface area contributed by atoms with Crippen LogP contribution in [-0.2, 0) is 26.2 Å². The Morgan fingerprint density at radius 1 is 0.974 bits per heavy atom. The summed E-state index contributed by atoms with van der Waals surface area (Å²) in [6.07, 6.45) is -0.484. The van der Waals surface area contributed by atoms with E-state index in [2.05, 4.69) is 9.71 Å². The molecule has 0 radical (unpaired) electrons. The molecule has 0 amide bonds. The van der Waals surface area contributed by atoms with Gasteiger partial charge in [-0.15, -0.1) is 0 Å². The van der Waals surface area contributed by atoms with Gasteiger partial charge in [-0.3, -0.25) is 4.72 Å². The number of anilines is 1. The maximum Gasteiger partial charge on any atom is 0.416 e. The van der Waals surface area contributed by atoms with E-state index in [1.807, 2.05) is 0 Å². The molecule has 14 heteroatoms. The molecule has 2 heterocycles. The number of nitrogens with zero attached hydrogens (tertiary/aromatic N) is 2. The highest BCUT2D eigenvalue weighted by molar-refractivity contribution is 7.99. The minimum atomic E-state index is -4.66. The van der Waals surface area contributed by atoms with Crippen molar-refractivity contribution in [1.29, 1.82) is 0 Å². The highest BCUT2D eigenvalue weighted by Crippen LogP contribution is 2.35. The largest absolute Gasteiger partial charge is 0.416 e. The summed E-state index contributed by atoms with van der Waals surface area (Å²) in [5.74, 6) is -0.0363. The van der Waals surface area contributed by atoms with Crippen LogP contribution in [0, 0.1) is 6.92 Å². The number of hydrogen-bond donors (Lipinski definition) is 1. The Balaban J connectivity index is 1.47. The first-order chi connectivity index (χ1) is 17.8. The van der Waals surface area contributed by atoms with Gasteiger partial charge >= 0.3 is 6.18 Å². The summed E-state index contributed by atoms with van der Waals surface area (Å²) in [4.78, 5) is 5.29. The minimum absolute atomic E-state index is 0.0363. The molecule has 0 unspecified atom stereocenters. The number of alkyl halides is 3. The summed E-state index contributed by atoms with van der Waals surface area (Å²) in [7, 11) is -7.84. The maximum absolute atomic E-state index is 12.9. The molecule has 0 bridgehead atoms. The molecule has 2 aromatic carbocycles. The summed E-state index contributed by atoms with van der Waals surface area (Å²) >= 11 is 7.16. The Kier molecular flexibility index (Phi) is 8.34. The Morgan fingerprint density at radius 3 is 2.21 bits per heavy atom. The molecule has 7 nitrogen and oxygen atoms in total. The van der Waals surface area contributed by atoms with E-state index in [0.717, 1.165) is 30.2 Å². The van der Waals surface area contributed by atoms with Crippen LogP contribution in [0.5, 0.6) is 0 Å². The van der Waals surface area contributed by atoms with Gasteiger partial charge in [0, 0.05) is 29.1 Å². The molecule has 4 rings (SSSR count). The van der Waals surface area contributed by atoms with Crippen molar-refractivity contribution in [1.82, 2.24) is 9.29 Å². The second-order valence-corrected chi connectivity index (χ2v) is 13.7. The molecular formula is C24H23ClF3N3O4S3.